The van der Waals surface area contributed by atoms with E-state index in [-0.39, 0.29) is 24.1 Å². The monoisotopic (exact) mass is 405 g/mol. The van der Waals surface area contributed by atoms with Crippen molar-refractivity contribution < 1.29 is 14.6 Å². The second-order valence-corrected chi connectivity index (χ2v) is 10.2. The number of ether oxygens (including phenoxy) is 1. The van der Waals surface area contributed by atoms with E-state index in [9.17, 15) is 9.90 Å². The Morgan fingerprint density at radius 3 is 1.97 bits per heavy atom. The highest BCUT2D eigenvalue weighted by molar-refractivity contribution is 5.79. The van der Waals surface area contributed by atoms with Crippen LogP contribution in [0.2, 0.25) is 0 Å². The maximum atomic E-state index is 13.0. The van der Waals surface area contributed by atoms with Crippen LogP contribution in [0.4, 0.5) is 4.79 Å². The second-order valence-electron chi connectivity index (χ2n) is 10.2. The van der Waals surface area contributed by atoms with Crippen LogP contribution in [-0.4, -0.2) is 39.4 Å². The molecule has 1 N–H and O–H groups in total. The zero-order valence-electron chi connectivity index (χ0n) is 18.1. The molecule has 0 aromatic heterocycles. The number of piperidine rings is 2. The molecule has 4 nitrogen and oxygen atoms in total. The molecule has 2 saturated heterocycles. The maximum Gasteiger partial charge on any atom is 0.410 e. The molecule has 3 aliphatic rings. The lowest BCUT2D eigenvalue weighted by molar-refractivity contribution is -0.0989. The van der Waals surface area contributed by atoms with Crippen LogP contribution < -0.4 is 0 Å². The lowest BCUT2D eigenvalue weighted by Crippen LogP contribution is -2.61. The van der Waals surface area contributed by atoms with E-state index in [1.165, 1.54) is 22.3 Å². The van der Waals surface area contributed by atoms with E-state index >= 15 is 0 Å². The van der Waals surface area contributed by atoms with E-state index in [4.69, 9.17) is 4.74 Å². The second kappa shape index (κ2) is 6.84. The Morgan fingerprint density at radius 2 is 1.47 bits per heavy atom. The summed E-state index contributed by atoms with van der Waals surface area (Å²) in [5.41, 5.74) is 3.51. The average Bonchev–Trinajstić information content (AvgIpc) is 3.01. The number of carbonyl (C=O) groups excluding carboxylic acids is 1. The molecular formula is C26H31NO3. The van der Waals surface area contributed by atoms with Crippen molar-refractivity contribution in [1.29, 1.82) is 0 Å². The van der Waals surface area contributed by atoms with Gasteiger partial charge in [-0.15, -0.1) is 0 Å². The predicted molar refractivity (Wildman–Crippen MR) is 117 cm³/mol. The molecule has 5 rings (SSSR count). The normalized spacial score (nSPS) is 28.1. The van der Waals surface area contributed by atoms with E-state index < -0.39 is 11.2 Å². The Morgan fingerprint density at radius 1 is 0.967 bits per heavy atom. The number of carbonyl (C=O) groups is 1. The molecule has 2 fully saturated rings. The fraction of sp³-hybridized carbons (Fsp3) is 0.500. The van der Waals surface area contributed by atoms with E-state index in [0.29, 0.717) is 12.8 Å². The average molecular weight is 406 g/mol. The lowest BCUT2D eigenvalue weighted by Gasteiger charge is -2.53. The van der Waals surface area contributed by atoms with E-state index in [0.717, 1.165) is 19.3 Å². The number of nitrogens with zero attached hydrogens (tertiary/aromatic N) is 1. The molecule has 2 aromatic rings. The van der Waals surface area contributed by atoms with Crippen molar-refractivity contribution in [3.63, 3.8) is 0 Å². The minimum absolute atomic E-state index is 0.0253. The van der Waals surface area contributed by atoms with Crippen LogP contribution in [0, 0.1) is 0 Å². The summed E-state index contributed by atoms with van der Waals surface area (Å²) in [6.45, 7) is 5.73. The highest BCUT2D eigenvalue weighted by atomic mass is 16.6. The van der Waals surface area contributed by atoms with Crippen molar-refractivity contribution in [1.82, 2.24) is 4.90 Å². The van der Waals surface area contributed by atoms with Crippen LogP contribution >= 0.6 is 0 Å². The summed E-state index contributed by atoms with van der Waals surface area (Å²) in [6.07, 6.45) is 3.91. The third-order valence-corrected chi connectivity index (χ3v) is 7.02. The zero-order valence-corrected chi connectivity index (χ0v) is 18.1. The van der Waals surface area contributed by atoms with Crippen LogP contribution in [0.3, 0.4) is 0 Å². The number of hydrogen-bond donors (Lipinski definition) is 1. The Bertz CT molecular complexity index is 917. The zero-order chi connectivity index (χ0) is 21.1. The molecule has 2 aromatic carbocycles. The molecule has 2 unspecified atom stereocenters. The summed E-state index contributed by atoms with van der Waals surface area (Å²) in [7, 11) is 0. The largest absolute Gasteiger partial charge is 0.444 e. The Kier molecular flexibility index (Phi) is 4.48. The summed E-state index contributed by atoms with van der Waals surface area (Å²) >= 11 is 0. The summed E-state index contributed by atoms with van der Waals surface area (Å²) in [4.78, 5) is 14.9. The van der Waals surface area contributed by atoms with E-state index in [1.54, 1.807) is 0 Å². The van der Waals surface area contributed by atoms with Crippen molar-refractivity contribution in [2.75, 3.05) is 0 Å². The molecule has 2 aliphatic heterocycles. The first-order valence-corrected chi connectivity index (χ1v) is 11.2. The smallest absolute Gasteiger partial charge is 0.410 e. The van der Waals surface area contributed by atoms with Crippen LogP contribution in [-0.2, 0) is 4.74 Å². The highest BCUT2D eigenvalue weighted by Gasteiger charge is 2.53. The van der Waals surface area contributed by atoms with Gasteiger partial charge in [-0.3, -0.25) is 0 Å². The van der Waals surface area contributed by atoms with Crippen molar-refractivity contribution >= 4 is 6.09 Å². The van der Waals surface area contributed by atoms with Gasteiger partial charge in [-0.05, 0) is 75.1 Å². The van der Waals surface area contributed by atoms with E-state index in [1.807, 2.05) is 25.7 Å². The van der Waals surface area contributed by atoms with Gasteiger partial charge < -0.3 is 14.7 Å². The molecule has 0 radical (unpaired) electrons. The molecular weight excluding hydrogens is 374 g/mol. The van der Waals surface area contributed by atoms with Gasteiger partial charge in [0, 0.05) is 18.0 Å². The van der Waals surface area contributed by atoms with Gasteiger partial charge in [0.1, 0.15) is 5.60 Å². The summed E-state index contributed by atoms with van der Waals surface area (Å²) in [6, 6.07) is 17.0. The van der Waals surface area contributed by atoms with Crippen LogP contribution in [0.15, 0.2) is 48.5 Å². The lowest BCUT2D eigenvalue weighted by atomic mass is 9.67. The Balaban J connectivity index is 1.51. The first kappa shape index (κ1) is 19.6. The van der Waals surface area contributed by atoms with Gasteiger partial charge in [-0.1, -0.05) is 48.5 Å². The minimum atomic E-state index is -0.864. The van der Waals surface area contributed by atoms with Gasteiger partial charge in [-0.25, -0.2) is 4.79 Å². The molecule has 30 heavy (non-hydrogen) atoms. The Hall–Kier alpha value is -2.33. The highest BCUT2D eigenvalue weighted by Crippen LogP contribution is 2.55. The van der Waals surface area contributed by atoms with Gasteiger partial charge in [0.05, 0.1) is 5.60 Å². The fourth-order valence-electron chi connectivity index (χ4n) is 6.05. The molecule has 1 aliphatic carbocycles. The number of amides is 1. The molecule has 1 amide bonds. The first-order chi connectivity index (χ1) is 14.3. The van der Waals surface area contributed by atoms with Crippen molar-refractivity contribution in [2.24, 2.45) is 0 Å². The van der Waals surface area contributed by atoms with Crippen molar-refractivity contribution in [3.8, 4) is 11.1 Å². The predicted octanol–water partition coefficient (Wildman–Crippen LogP) is 5.48. The number of hydrogen-bond acceptors (Lipinski definition) is 3. The maximum absolute atomic E-state index is 13.0. The molecule has 4 heteroatoms. The number of rotatable bonds is 1. The van der Waals surface area contributed by atoms with Gasteiger partial charge >= 0.3 is 6.09 Å². The number of benzene rings is 2. The molecule has 0 saturated carbocycles. The first-order valence-electron chi connectivity index (χ1n) is 11.2. The van der Waals surface area contributed by atoms with E-state index in [2.05, 4.69) is 48.5 Å². The van der Waals surface area contributed by atoms with Gasteiger partial charge in [0.25, 0.3) is 0 Å². The van der Waals surface area contributed by atoms with Gasteiger partial charge in [0.2, 0.25) is 0 Å². The molecule has 2 heterocycles. The topological polar surface area (TPSA) is 49.8 Å². The Labute approximate surface area is 178 Å². The van der Waals surface area contributed by atoms with Crippen molar-refractivity contribution in [2.45, 2.75) is 82.1 Å². The van der Waals surface area contributed by atoms with Gasteiger partial charge in [0.15, 0.2) is 0 Å². The molecule has 158 valence electrons. The third kappa shape index (κ3) is 3.13. The quantitative estimate of drug-likeness (QED) is 0.683. The summed E-state index contributed by atoms with van der Waals surface area (Å²) < 4.78 is 5.73. The van der Waals surface area contributed by atoms with Gasteiger partial charge in [-0.2, -0.15) is 0 Å². The summed E-state index contributed by atoms with van der Waals surface area (Å²) in [5, 5.41) is 12.1. The van der Waals surface area contributed by atoms with Crippen LogP contribution in [0.5, 0.6) is 0 Å². The summed E-state index contributed by atoms with van der Waals surface area (Å²) in [5.74, 6) is -0.0474. The molecule has 2 bridgehead atoms. The third-order valence-electron chi connectivity index (χ3n) is 7.02. The number of fused-ring (bicyclic) bond motifs is 5. The van der Waals surface area contributed by atoms with Crippen LogP contribution in [0.25, 0.3) is 11.1 Å². The molecule has 2 atom stereocenters. The van der Waals surface area contributed by atoms with Crippen LogP contribution in [0.1, 0.15) is 69.9 Å². The molecule has 0 spiro atoms. The van der Waals surface area contributed by atoms with Crippen molar-refractivity contribution in [3.05, 3.63) is 59.7 Å². The fourth-order valence-corrected chi connectivity index (χ4v) is 6.05. The standard InChI is InChI=1S/C26H31NO3/c1-25(2,3)30-24(28)27-17-9-8-10-18(27)16-26(29,15-17)23-21-13-6-4-11-19(21)20-12-5-7-14-22(20)23/h4-7,11-14,17-18,23,29H,8-10,15-16H2,1-3H3. The number of aliphatic hydroxyl groups is 1. The SMILES string of the molecule is CC(C)(C)OC(=O)N1C2CCCC1CC(O)(C1c3ccccc3-c3ccccc31)C2. The minimum Gasteiger partial charge on any atom is -0.444 e.